The summed E-state index contributed by atoms with van der Waals surface area (Å²) in [5.74, 6) is 1.64. The number of rotatable bonds is 2. The summed E-state index contributed by atoms with van der Waals surface area (Å²) >= 11 is 1.38. The number of hydrogen-bond donors (Lipinski definition) is 0. The van der Waals surface area contributed by atoms with Crippen molar-refractivity contribution >= 4 is 11.5 Å². The number of benzene rings is 1. The van der Waals surface area contributed by atoms with Gasteiger partial charge in [-0.25, -0.2) is 0 Å². The Morgan fingerprint density at radius 3 is 2.58 bits per heavy atom. The highest BCUT2D eigenvalue weighted by Crippen LogP contribution is 2.20. The van der Waals surface area contributed by atoms with Crippen LogP contribution in [-0.2, 0) is 0 Å². The van der Waals surface area contributed by atoms with Crippen LogP contribution in [0.5, 0.6) is 11.5 Å². The fraction of sp³-hybridized carbons (Fsp3) is 0. The van der Waals surface area contributed by atoms with E-state index in [1.54, 1.807) is 6.20 Å². The fourth-order valence-electron chi connectivity index (χ4n) is 0.870. The molecule has 0 bridgehead atoms. The van der Waals surface area contributed by atoms with Crippen LogP contribution in [0, 0.1) is 0 Å². The van der Waals surface area contributed by atoms with Gasteiger partial charge in [0.15, 0.2) is 5.75 Å². The molecule has 0 atom stereocenters. The Bertz CT molecular complexity index is 331. The van der Waals surface area contributed by atoms with E-state index in [0.29, 0.717) is 0 Å². The van der Waals surface area contributed by atoms with E-state index in [9.17, 15) is 0 Å². The monoisotopic (exact) mass is 177 g/mol. The van der Waals surface area contributed by atoms with Crippen molar-refractivity contribution in [2.45, 2.75) is 0 Å². The van der Waals surface area contributed by atoms with Crippen LogP contribution in [0.1, 0.15) is 0 Å². The highest BCUT2D eigenvalue weighted by molar-refractivity contribution is 7.03. The lowest BCUT2D eigenvalue weighted by molar-refractivity contribution is 0.484. The summed E-state index contributed by atoms with van der Waals surface area (Å²) in [4.78, 5) is 0. The molecular formula is C9H7NOS. The van der Waals surface area contributed by atoms with Crippen LogP contribution >= 0.6 is 11.5 Å². The predicted octanol–water partition coefficient (Wildman–Crippen LogP) is 2.94. The molecule has 0 fully saturated rings. The predicted molar refractivity (Wildman–Crippen MR) is 48.6 cm³/mol. The van der Waals surface area contributed by atoms with Crippen molar-refractivity contribution in [3.63, 3.8) is 0 Å². The third kappa shape index (κ3) is 1.62. The van der Waals surface area contributed by atoms with Gasteiger partial charge in [0.25, 0.3) is 0 Å². The summed E-state index contributed by atoms with van der Waals surface area (Å²) in [6, 6.07) is 9.67. The van der Waals surface area contributed by atoms with Gasteiger partial charge in [-0.3, -0.25) is 0 Å². The minimum Gasteiger partial charge on any atom is -0.455 e. The molecule has 0 aliphatic rings. The zero-order chi connectivity index (χ0) is 8.23. The van der Waals surface area contributed by atoms with Gasteiger partial charge in [0.2, 0.25) is 0 Å². The molecule has 0 N–H and O–H groups in total. The molecule has 1 aromatic heterocycles. The van der Waals surface area contributed by atoms with E-state index in [1.165, 1.54) is 11.5 Å². The molecule has 0 saturated heterocycles. The lowest BCUT2D eigenvalue weighted by atomic mass is 10.3. The molecule has 0 aliphatic heterocycles. The molecule has 2 aromatic rings. The van der Waals surface area contributed by atoms with E-state index >= 15 is 0 Å². The van der Waals surface area contributed by atoms with Gasteiger partial charge >= 0.3 is 0 Å². The summed E-state index contributed by atoms with van der Waals surface area (Å²) in [7, 11) is 0. The summed E-state index contributed by atoms with van der Waals surface area (Å²) < 4.78 is 9.40. The van der Waals surface area contributed by atoms with E-state index in [2.05, 4.69) is 4.37 Å². The zero-order valence-electron chi connectivity index (χ0n) is 6.31. The molecule has 0 radical (unpaired) electrons. The number of para-hydroxylation sites is 1. The van der Waals surface area contributed by atoms with Crippen LogP contribution in [-0.4, -0.2) is 4.37 Å². The Morgan fingerprint density at radius 2 is 1.92 bits per heavy atom. The van der Waals surface area contributed by atoms with Gasteiger partial charge in [-0.15, -0.1) is 0 Å². The van der Waals surface area contributed by atoms with Crippen LogP contribution < -0.4 is 4.74 Å². The van der Waals surface area contributed by atoms with Crippen LogP contribution in [0.15, 0.2) is 41.9 Å². The van der Waals surface area contributed by atoms with E-state index < -0.39 is 0 Å². The second-order valence-corrected chi connectivity index (χ2v) is 2.93. The number of ether oxygens (including phenoxy) is 1. The molecule has 3 heteroatoms. The van der Waals surface area contributed by atoms with E-state index in [-0.39, 0.29) is 0 Å². The Balaban J connectivity index is 2.15. The van der Waals surface area contributed by atoms with E-state index in [4.69, 9.17) is 4.74 Å². The molecular weight excluding hydrogens is 170 g/mol. The highest BCUT2D eigenvalue weighted by Gasteiger charge is 1.95. The molecule has 0 saturated carbocycles. The normalized spacial score (nSPS) is 9.67. The van der Waals surface area contributed by atoms with Crippen molar-refractivity contribution in [1.29, 1.82) is 0 Å². The largest absolute Gasteiger partial charge is 0.455 e. The molecule has 2 rings (SSSR count). The van der Waals surface area contributed by atoms with Crippen LogP contribution in [0.25, 0.3) is 0 Å². The maximum atomic E-state index is 5.47. The summed E-state index contributed by atoms with van der Waals surface area (Å²) in [5, 5.41) is 1.87. The van der Waals surface area contributed by atoms with Crippen molar-refractivity contribution in [3.05, 3.63) is 41.9 Å². The quantitative estimate of drug-likeness (QED) is 0.703. The van der Waals surface area contributed by atoms with Gasteiger partial charge in [-0.2, -0.15) is 4.37 Å². The van der Waals surface area contributed by atoms with Crippen molar-refractivity contribution in [2.75, 3.05) is 0 Å². The Morgan fingerprint density at radius 1 is 1.08 bits per heavy atom. The topological polar surface area (TPSA) is 22.1 Å². The van der Waals surface area contributed by atoms with Gasteiger partial charge in [0.1, 0.15) is 5.75 Å². The summed E-state index contributed by atoms with van der Waals surface area (Å²) in [6.07, 6.45) is 1.71. The number of nitrogens with zero attached hydrogens (tertiary/aromatic N) is 1. The smallest absolute Gasteiger partial charge is 0.158 e. The fourth-order valence-corrected chi connectivity index (χ4v) is 1.31. The summed E-state index contributed by atoms with van der Waals surface area (Å²) in [6.45, 7) is 0. The zero-order valence-corrected chi connectivity index (χ0v) is 7.12. The second-order valence-electron chi connectivity index (χ2n) is 2.28. The number of hydrogen-bond acceptors (Lipinski definition) is 3. The lowest BCUT2D eigenvalue weighted by Gasteiger charge is -1.99. The molecule has 1 aromatic carbocycles. The van der Waals surface area contributed by atoms with Gasteiger partial charge in [-0.1, -0.05) is 18.2 Å². The van der Waals surface area contributed by atoms with Crippen molar-refractivity contribution < 1.29 is 4.74 Å². The van der Waals surface area contributed by atoms with Crippen molar-refractivity contribution in [3.8, 4) is 11.5 Å². The number of aromatic nitrogens is 1. The molecule has 0 unspecified atom stereocenters. The maximum Gasteiger partial charge on any atom is 0.158 e. The van der Waals surface area contributed by atoms with Crippen LogP contribution in [0.3, 0.4) is 0 Å². The summed E-state index contributed by atoms with van der Waals surface area (Å²) in [5.41, 5.74) is 0. The lowest BCUT2D eigenvalue weighted by Crippen LogP contribution is -1.79. The van der Waals surface area contributed by atoms with E-state index in [0.717, 1.165) is 11.5 Å². The first-order valence-corrected chi connectivity index (χ1v) is 4.41. The first kappa shape index (κ1) is 7.31. The average molecular weight is 177 g/mol. The average Bonchev–Trinajstić information content (AvgIpc) is 2.59. The van der Waals surface area contributed by atoms with Crippen molar-refractivity contribution in [2.24, 2.45) is 0 Å². The minimum absolute atomic E-state index is 0.797. The van der Waals surface area contributed by atoms with Gasteiger partial charge in [0.05, 0.1) is 11.6 Å². The third-order valence-electron chi connectivity index (χ3n) is 1.39. The van der Waals surface area contributed by atoms with E-state index in [1.807, 2.05) is 35.7 Å². The molecule has 60 valence electrons. The standard InChI is InChI=1S/C9H7NOS/c1-2-4-8(5-3-1)11-9-6-10-12-7-9/h1-7H. The molecule has 12 heavy (non-hydrogen) atoms. The Hall–Kier alpha value is -1.35. The van der Waals surface area contributed by atoms with Crippen LogP contribution in [0.4, 0.5) is 0 Å². The Labute approximate surface area is 74.6 Å². The highest BCUT2D eigenvalue weighted by atomic mass is 32.1. The second kappa shape index (κ2) is 3.36. The molecule has 0 spiro atoms. The third-order valence-corrected chi connectivity index (χ3v) is 1.95. The Kier molecular flexibility index (Phi) is 2.05. The molecule has 1 heterocycles. The molecule has 0 amide bonds. The van der Waals surface area contributed by atoms with Crippen LogP contribution in [0.2, 0.25) is 0 Å². The van der Waals surface area contributed by atoms with Gasteiger partial charge in [-0.05, 0) is 23.7 Å². The van der Waals surface area contributed by atoms with Gasteiger partial charge < -0.3 is 4.74 Å². The first-order valence-electron chi connectivity index (χ1n) is 3.57. The first-order chi connectivity index (χ1) is 5.95. The van der Waals surface area contributed by atoms with Gasteiger partial charge in [0, 0.05) is 0 Å². The molecule has 0 aliphatic carbocycles. The SMILES string of the molecule is c1ccc(Oc2cnsc2)cc1. The molecule has 2 nitrogen and oxygen atoms in total. The minimum atomic E-state index is 0.797. The van der Waals surface area contributed by atoms with Crippen molar-refractivity contribution in [1.82, 2.24) is 4.37 Å². The maximum absolute atomic E-state index is 5.47.